The van der Waals surface area contributed by atoms with E-state index < -0.39 is 43.5 Å². The summed E-state index contributed by atoms with van der Waals surface area (Å²) in [6.45, 7) is 2.23. The van der Waals surface area contributed by atoms with Crippen molar-refractivity contribution in [2.45, 2.75) is 23.6 Å². The number of amidine groups is 4. The number of rotatable bonds is 18. The molecule has 0 radical (unpaired) electrons. The minimum Gasteiger partial charge on any atom is -0.457 e. The molecule has 0 unspecified atom stereocenters. The Balaban J connectivity index is 0.000000213. The summed E-state index contributed by atoms with van der Waals surface area (Å²) in [6, 6.07) is 58.8. The third-order valence-electron chi connectivity index (χ3n) is 12.9. The molecular formula is C64H54N10O12S2. The van der Waals surface area contributed by atoms with E-state index >= 15 is 0 Å². The number of benzene rings is 10. The molecule has 0 aliphatic rings. The van der Waals surface area contributed by atoms with Gasteiger partial charge in [-0.15, -0.1) is 0 Å². The van der Waals surface area contributed by atoms with Gasteiger partial charge in [-0.3, -0.25) is 51.1 Å². The van der Waals surface area contributed by atoms with Gasteiger partial charge in [0.25, 0.3) is 20.0 Å². The quantitative estimate of drug-likeness (QED) is 0.0165. The number of nitrogen functional groups attached to an aromatic ring is 2. The first kappa shape index (κ1) is 61.1. The standard InChI is InChI=1S/C34H29N5O8S.C30H25N5O4S/c1-21(40)38(42)33(35)24-7-12-28(13-8-24)46-30-18-27(37-48(44,45)32-16-11-23-5-3-4-6-26(23)17-32)19-31(20-30)47-29-14-9-25(10-15-29)34(36)39(43)22(2)41;31-29(32)20-5-10-24(11-6-20)38-26-16-23(17-27(18-26)39-25-12-7-21(8-13-25)30(33)34)35-40(36,37)28-14-9-19-3-1-2-4-22(19)15-28/h3-20,35-37,42-43H,1-2H3;1-18,35H,(H3,31,32)(H3,33,34). The Morgan fingerprint density at radius 2 is 0.648 bits per heavy atom. The molecule has 10 aromatic carbocycles. The highest BCUT2D eigenvalue weighted by Crippen LogP contribution is 2.36. The van der Waals surface area contributed by atoms with Crippen LogP contribution in [0.5, 0.6) is 46.0 Å². The van der Waals surface area contributed by atoms with Crippen molar-refractivity contribution in [2.75, 3.05) is 9.44 Å². The number of sulfonamides is 2. The van der Waals surface area contributed by atoms with Crippen molar-refractivity contribution < 1.29 is 55.8 Å². The monoisotopic (exact) mass is 1220 g/mol. The van der Waals surface area contributed by atoms with Crippen molar-refractivity contribution in [3.63, 3.8) is 0 Å². The summed E-state index contributed by atoms with van der Waals surface area (Å²) in [4.78, 5) is 23.0. The summed E-state index contributed by atoms with van der Waals surface area (Å²) in [7, 11) is -8.02. The lowest BCUT2D eigenvalue weighted by atomic mass is 10.1. The molecule has 88 heavy (non-hydrogen) atoms. The molecule has 0 saturated carbocycles. The van der Waals surface area contributed by atoms with Crippen LogP contribution < -0.4 is 39.9 Å². The fourth-order valence-electron chi connectivity index (χ4n) is 8.46. The number of amides is 2. The van der Waals surface area contributed by atoms with E-state index in [9.17, 15) is 36.8 Å². The molecule has 10 aromatic rings. The van der Waals surface area contributed by atoms with Gasteiger partial charge in [0.05, 0.1) is 21.2 Å². The second-order valence-electron chi connectivity index (χ2n) is 19.3. The van der Waals surface area contributed by atoms with E-state index in [1.54, 1.807) is 97.1 Å². The van der Waals surface area contributed by atoms with Crippen molar-refractivity contribution in [3.8, 4) is 46.0 Å². The van der Waals surface area contributed by atoms with E-state index in [-0.39, 0.29) is 65.6 Å². The van der Waals surface area contributed by atoms with E-state index in [0.717, 1.165) is 35.4 Å². The van der Waals surface area contributed by atoms with E-state index in [2.05, 4.69) is 9.44 Å². The van der Waals surface area contributed by atoms with Crippen LogP contribution in [0.1, 0.15) is 36.1 Å². The zero-order chi connectivity index (χ0) is 62.9. The van der Waals surface area contributed by atoms with E-state index in [1.165, 1.54) is 72.8 Å². The van der Waals surface area contributed by atoms with Crippen molar-refractivity contribution >= 4 is 88.1 Å². The Morgan fingerprint density at radius 3 is 0.920 bits per heavy atom. The fourth-order valence-corrected chi connectivity index (χ4v) is 10.6. The number of carbonyl (C=O) groups is 2. The van der Waals surface area contributed by atoms with Gasteiger partial charge in [-0.25, -0.2) is 16.8 Å². The normalized spacial score (nSPS) is 11.0. The second kappa shape index (κ2) is 26.2. The molecule has 0 aliphatic carbocycles. The number of nitrogens with two attached hydrogens (primary N) is 2. The molecule has 0 aromatic heterocycles. The molecular weight excluding hydrogens is 1160 g/mol. The third-order valence-corrected chi connectivity index (χ3v) is 15.6. The molecule has 2 amide bonds. The summed E-state index contributed by atoms with van der Waals surface area (Å²) >= 11 is 0. The van der Waals surface area contributed by atoms with Crippen molar-refractivity contribution in [2.24, 2.45) is 11.5 Å². The van der Waals surface area contributed by atoms with Gasteiger partial charge in [0.1, 0.15) is 57.7 Å². The summed E-state index contributed by atoms with van der Waals surface area (Å²) in [5.41, 5.74) is 13.0. The average Bonchev–Trinajstić information content (AvgIpc) is 3.16. The number of hydrogen-bond donors (Lipinski definition) is 10. The second-order valence-corrected chi connectivity index (χ2v) is 22.7. The van der Waals surface area contributed by atoms with E-state index in [1.807, 2.05) is 48.5 Å². The van der Waals surface area contributed by atoms with Gasteiger partial charge in [-0.05, 0) is 143 Å². The predicted octanol–water partition coefficient (Wildman–Crippen LogP) is 12.1. The lowest BCUT2D eigenvalue weighted by molar-refractivity contribution is -0.147. The molecule has 24 heteroatoms. The Hall–Kier alpha value is -11.4. The first-order chi connectivity index (χ1) is 42.0. The minimum absolute atomic E-state index is 0.0399. The molecule has 0 fully saturated rings. The van der Waals surface area contributed by atoms with Gasteiger partial charge in [0.2, 0.25) is 11.8 Å². The molecule has 444 valence electrons. The lowest BCUT2D eigenvalue weighted by Crippen LogP contribution is -2.31. The van der Waals surface area contributed by atoms with E-state index in [4.69, 9.17) is 52.1 Å². The summed E-state index contributed by atoms with van der Waals surface area (Å²) < 4.78 is 82.8. The van der Waals surface area contributed by atoms with Crippen LogP contribution in [-0.4, -0.2) is 72.5 Å². The molecule has 0 atom stereocenters. The Morgan fingerprint density at radius 1 is 0.375 bits per heavy atom. The van der Waals surface area contributed by atoms with E-state index in [0.29, 0.717) is 45.6 Å². The zero-order valence-electron chi connectivity index (χ0n) is 46.6. The van der Waals surface area contributed by atoms with Gasteiger partial charge < -0.3 is 30.4 Å². The van der Waals surface area contributed by atoms with Crippen molar-refractivity contribution in [1.82, 2.24) is 10.1 Å². The summed E-state index contributed by atoms with van der Waals surface area (Å²) in [6.07, 6.45) is 0. The molecule has 0 saturated heterocycles. The molecule has 0 aliphatic heterocycles. The maximum absolute atomic E-state index is 13.5. The van der Waals surface area contributed by atoms with Crippen molar-refractivity contribution in [3.05, 3.63) is 241 Å². The maximum atomic E-state index is 13.5. The van der Waals surface area contributed by atoms with Gasteiger partial charge in [0, 0.05) is 72.5 Å². The molecule has 0 heterocycles. The number of anilines is 2. The third kappa shape index (κ3) is 15.3. The van der Waals surface area contributed by atoms with Crippen LogP contribution in [0.15, 0.2) is 228 Å². The number of hydrogen-bond acceptors (Lipinski definition) is 16. The van der Waals surface area contributed by atoms with Gasteiger partial charge >= 0.3 is 0 Å². The minimum atomic E-state index is -4.06. The first-order valence-corrected chi connectivity index (χ1v) is 29.2. The fraction of sp³-hybridized carbons (Fsp3) is 0.0312. The Labute approximate surface area is 504 Å². The van der Waals surface area contributed by atoms with Crippen LogP contribution in [0.25, 0.3) is 21.5 Å². The number of hydroxylamine groups is 4. The molecule has 10 rings (SSSR count). The number of ether oxygens (including phenoxy) is 4. The zero-order valence-corrected chi connectivity index (χ0v) is 48.3. The van der Waals surface area contributed by atoms with Gasteiger partial charge in [0.15, 0.2) is 11.7 Å². The van der Waals surface area contributed by atoms with Crippen LogP contribution >= 0.6 is 0 Å². The van der Waals surface area contributed by atoms with Crippen LogP contribution in [-0.2, 0) is 29.6 Å². The van der Waals surface area contributed by atoms with Crippen LogP contribution in [0.4, 0.5) is 11.4 Å². The Bertz CT molecular complexity index is 4400. The maximum Gasteiger partial charge on any atom is 0.261 e. The number of fused-ring (bicyclic) bond motifs is 2. The highest BCUT2D eigenvalue weighted by atomic mass is 32.2. The average molecular weight is 1220 g/mol. The first-order valence-electron chi connectivity index (χ1n) is 26.3. The molecule has 0 spiro atoms. The summed E-state index contributed by atoms with van der Waals surface area (Å²) in [5, 5.41) is 54.4. The SMILES string of the molecule is CC(=O)N(O)C(=N)c1ccc(Oc2cc(NS(=O)(=O)c3ccc4ccccc4c3)cc(Oc3ccc(C(=N)N(O)C(C)=O)cc3)c2)cc1.N=C(N)c1ccc(Oc2cc(NS(=O)(=O)c3ccc4ccccc4c3)cc(Oc3ccc(C(=N)N)cc3)c2)cc1. The van der Waals surface area contributed by atoms with Gasteiger partial charge in [-0.2, -0.15) is 10.1 Å². The number of carbonyl (C=O) groups excluding carboxylic acids is 2. The van der Waals surface area contributed by atoms with Crippen LogP contribution in [0, 0.1) is 21.6 Å². The molecule has 22 nitrogen and oxygen atoms in total. The number of nitrogens with one attached hydrogen (secondary N) is 6. The Kier molecular flexibility index (Phi) is 18.2. The number of nitrogens with zero attached hydrogens (tertiary/aromatic N) is 2. The van der Waals surface area contributed by atoms with Crippen LogP contribution in [0.2, 0.25) is 0 Å². The predicted molar refractivity (Wildman–Crippen MR) is 333 cm³/mol. The van der Waals surface area contributed by atoms with Gasteiger partial charge in [-0.1, -0.05) is 60.7 Å². The summed E-state index contributed by atoms with van der Waals surface area (Å²) in [5.74, 6) is 0.0264. The molecule has 12 N–H and O–H groups in total. The molecule has 0 bridgehead atoms. The highest BCUT2D eigenvalue weighted by Gasteiger charge is 2.21. The lowest BCUT2D eigenvalue weighted by Gasteiger charge is -2.16. The highest BCUT2D eigenvalue weighted by molar-refractivity contribution is 7.93. The van der Waals surface area contributed by atoms with Crippen molar-refractivity contribution in [1.29, 1.82) is 21.6 Å². The van der Waals surface area contributed by atoms with Crippen LogP contribution in [0.3, 0.4) is 0 Å². The largest absolute Gasteiger partial charge is 0.457 e. The smallest absolute Gasteiger partial charge is 0.261 e. The topological polar surface area (TPSA) is 358 Å².